The number of carbonyl (C=O) groups is 3. The van der Waals surface area contributed by atoms with Gasteiger partial charge in [-0.25, -0.2) is 0 Å². The Labute approximate surface area is 175 Å². The van der Waals surface area contributed by atoms with Crippen molar-refractivity contribution < 1.29 is 23.9 Å². The molecule has 0 saturated carbocycles. The molecule has 2 aliphatic heterocycles. The summed E-state index contributed by atoms with van der Waals surface area (Å²) < 4.78 is 11.0. The van der Waals surface area contributed by atoms with Crippen molar-refractivity contribution in [2.75, 3.05) is 23.0 Å². The number of esters is 1. The molecular formula is C23H24N2O5. The van der Waals surface area contributed by atoms with E-state index in [0.29, 0.717) is 11.4 Å². The van der Waals surface area contributed by atoms with Gasteiger partial charge in [-0.15, -0.1) is 0 Å². The van der Waals surface area contributed by atoms with E-state index >= 15 is 0 Å². The van der Waals surface area contributed by atoms with E-state index in [1.807, 2.05) is 31.2 Å². The summed E-state index contributed by atoms with van der Waals surface area (Å²) in [6.07, 6.45) is -0.0279. The van der Waals surface area contributed by atoms with Crippen molar-refractivity contribution in [2.45, 2.75) is 38.8 Å². The van der Waals surface area contributed by atoms with Crippen molar-refractivity contribution in [2.24, 2.45) is 0 Å². The molecule has 0 aliphatic carbocycles. The van der Waals surface area contributed by atoms with E-state index in [1.54, 1.807) is 36.1 Å². The highest BCUT2D eigenvalue weighted by molar-refractivity contribution is 6.02. The predicted molar refractivity (Wildman–Crippen MR) is 112 cm³/mol. The molecule has 0 fully saturated rings. The maximum Gasteiger partial charge on any atom is 0.326 e. The number of ether oxygens (including phenoxy) is 2. The van der Waals surface area contributed by atoms with E-state index in [-0.39, 0.29) is 37.4 Å². The van der Waals surface area contributed by atoms with E-state index in [1.165, 1.54) is 4.90 Å². The quantitative estimate of drug-likeness (QED) is 0.727. The average Bonchev–Trinajstić information content (AvgIpc) is 2.98. The van der Waals surface area contributed by atoms with Crippen LogP contribution in [0.25, 0.3) is 0 Å². The zero-order chi connectivity index (χ0) is 21.3. The number of nitrogens with zero attached hydrogens (tertiary/aromatic N) is 2. The van der Waals surface area contributed by atoms with Gasteiger partial charge in [0.05, 0.1) is 18.7 Å². The summed E-state index contributed by atoms with van der Waals surface area (Å²) in [5, 5.41) is 0. The average molecular weight is 408 g/mol. The summed E-state index contributed by atoms with van der Waals surface area (Å²) in [5.74, 6) is -0.589. The van der Waals surface area contributed by atoms with Gasteiger partial charge < -0.3 is 14.4 Å². The molecule has 7 nitrogen and oxygen atoms in total. The second-order valence-corrected chi connectivity index (χ2v) is 7.57. The topological polar surface area (TPSA) is 76.2 Å². The fourth-order valence-electron chi connectivity index (χ4n) is 4.00. The minimum Gasteiger partial charge on any atom is -0.491 e. The largest absolute Gasteiger partial charge is 0.491 e. The van der Waals surface area contributed by atoms with Crippen LogP contribution in [0, 0.1) is 0 Å². The normalized spacial score (nSPS) is 18.7. The molecule has 0 N–H and O–H groups in total. The Kier molecular flexibility index (Phi) is 5.44. The Morgan fingerprint density at radius 2 is 1.83 bits per heavy atom. The van der Waals surface area contributed by atoms with Crippen molar-refractivity contribution >= 4 is 29.2 Å². The molecule has 0 radical (unpaired) electrons. The van der Waals surface area contributed by atoms with Crippen LogP contribution < -0.4 is 14.5 Å². The lowest BCUT2D eigenvalue weighted by Gasteiger charge is -2.27. The van der Waals surface area contributed by atoms with E-state index in [2.05, 4.69) is 0 Å². The van der Waals surface area contributed by atoms with Crippen LogP contribution in [-0.4, -0.2) is 43.1 Å². The van der Waals surface area contributed by atoms with Crippen LogP contribution in [0.2, 0.25) is 0 Å². The van der Waals surface area contributed by atoms with E-state index < -0.39 is 12.1 Å². The molecule has 2 aliphatic rings. The molecule has 0 spiro atoms. The summed E-state index contributed by atoms with van der Waals surface area (Å²) in [4.78, 5) is 41.1. The monoisotopic (exact) mass is 408 g/mol. The maximum absolute atomic E-state index is 13.0. The number of benzene rings is 2. The smallest absolute Gasteiger partial charge is 0.326 e. The van der Waals surface area contributed by atoms with Crippen LogP contribution >= 0.6 is 0 Å². The zero-order valence-electron chi connectivity index (χ0n) is 17.0. The van der Waals surface area contributed by atoms with E-state index in [0.717, 1.165) is 17.7 Å². The number of hydrogen-bond donors (Lipinski definition) is 0. The first-order valence-electron chi connectivity index (χ1n) is 10.1. The fourth-order valence-corrected chi connectivity index (χ4v) is 4.00. The Morgan fingerprint density at radius 3 is 2.63 bits per heavy atom. The lowest BCUT2D eigenvalue weighted by molar-refractivity contribution is -0.153. The number of hydrogen-bond acceptors (Lipinski definition) is 5. The predicted octanol–water partition coefficient (Wildman–Crippen LogP) is 2.71. The molecular weight excluding hydrogens is 384 g/mol. The third-order valence-corrected chi connectivity index (χ3v) is 5.42. The number of anilines is 2. The highest BCUT2D eigenvalue weighted by Crippen LogP contribution is 2.33. The van der Waals surface area contributed by atoms with Gasteiger partial charge >= 0.3 is 5.97 Å². The summed E-state index contributed by atoms with van der Waals surface area (Å²) in [6, 6.07) is 14.8. The molecule has 2 atom stereocenters. The highest BCUT2D eigenvalue weighted by atomic mass is 16.5. The lowest BCUT2D eigenvalue weighted by atomic mass is 10.1. The fraction of sp³-hybridized carbons (Fsp3) is 0.348. The summed E-state index contributed by atoms with van der Waals surface area (Å²) in [6.45, 7) is 3.51. The van der Waals surface area contributed by atoms with Crippen LogP contribution in [0.15, 0.2) is 48.5 Å². The number of para-hydroxylation sites is 3. The SMILES string of the molecule is C[C@@H]1Cc2ccccc2N1C(=O)[C@@H](C)OC(=O)CN1C(=O)CCOc2ccccc21. The zero-order valence-corrected chi connectivity index (χ0v) is 17.0. The minimum absolute atomic E-state index is 0.00716. The van der Waals surface area contributed by atoms with Crippen molar-refractivity contribution in [1.29, 1.82) is 0 Å². The third kappa shape index (κ3) is 3.75. The third-order valence-electron chi connectivity index (χ3n) is 5.42. The second kappa shape index (κ2) is 8.18. The lowest BCUT2D eigenvalue weighted by Crippen LogP contribution is -2.44. The summed E-state index contributed by atoms with van der Waals surface area (Å²) in [7, 11) is 0. The molecule has 4 rings (SSSR count). The van der Waals surface area contributed by atoms with Crippen LogP contribution in [0.3, 0.4) is 0 Å². The van der Waals surface area contributed by atoms with Crippen molar-refractivity contribution in [3.8, 4) is 5.75 Å². The van der Waals surface area contributed by atoms with Gasteiger partial charge in [-0.2, -0.15) is 0 Å². The number of amides is 2. The number of rotatable bonds is 4. The molecule has 30 heavy (non-hydrogen) atoms. The van der Waals surface area contributed by atoms with Crippen LogP contribution in [-0.2, 0) is 25.5 Å². The Morgan fingerprint density at radius 1 is 1.13 bits per heavy atom. The molecule has 0 saturated heterocycles. The summed E-state index contributed by atoms with van der Waals surface area (Å²) in [5.41, 5.74) is 2.48. The van der Waals surface area contributed by atoms with E-state index in [9.17, 15) is 14.4 Å². The first-order chi connectivity index (χ1) is 14.5. The Bertz CT molecular complexity index is 989. The van der Waals surface area contributed by atoms with Gasteiger partial charge in [-0.1, -0.05) is 30.3 Å². The minimum atomic E-state index is -0.959. The molecule has 2 aromatic carbocycles. The highest BCUT2D eigenvalue weighted by Gasteiger charge is 2.35. The van der Waals surface area contributed by atoms with Gasteiger partial charge in [-0.3, -0.25) is 19.3 Å². The standard InChI is InChI=1S/C23H24N2O5/c1-15-13-17-7-3-4-8-18(17)25(15)23(28)16(2)30-22(27)14-24-19-9-5-6-10-20(19)29-12-11-21(24)26/h3-10,15-16H,11-14H2,1-2H3/t15-,16-/m1/s1. The van der Waals surface area contributed by atoms with Crippen LogP contribution in [0.4, 0.5) is 11.4 Å². The molecule has 0 unspecified atom stereocenters. The molecule has 7 heteroatoms. The summed E-state index contributed by atoms with van der Waals surface area (Å²) >= 11 is 0. The van der Waals surface area contributed by atoms with Gasteiger partial charge in [0.2, 0.25) is 5.91 Å². The van der Waals surface area contributed by atoms with Crippen molar-refractivity contribution in [1.82, 2.24) is 0 Å². The first-order valence-corrected chi connectivity index (χ1v) is 10.1. The Balaban J connectivity index is 1.45. The maximum atomic E-state index is 13.0. The molecule has 0 bridgehead atoms. The van der Waals surface area contributed by atoms with Crippen LogP contribution in [0.1, 0.15) is 25.8 Å². The molecule has 2 aromatic rings. The molecule has 0 aromatic heterocycles. The Hall–Kier alpha value is -3.35. The number of carbonyl (C=O) groups excluding carboxylic acids is 3. The molecule has 156 valence electrons. The second-order valence-electron chi connectivity index (χ2n) is 7.57. The van der Waals surface area contributed by atoms with Gasteiger partial charge in [0, 0.05) is 11.7 Å². The van der Waals surface area contributed by atoms with Crippen LogP contribution in [0.5, 0.6) is 5.75 Å². The van der Waals surface area contributed by atoms with Gasteiger partial charge in [0.25, 0.3) is 5.91 Å². The molecule has 2 heterocycles. The van der Waals surface area contributed by atoms with E-state index in [4.69, 9.17) is 9.47 Å². The number of fused-ring (bicyclic) bond motifs is 2. The van der Waals surface area contributed by atoms with Crippen molar-refractivity contribution in [3.63, 3.8) is 0 Å². The first kappa shape index (κ1) is 19.9. The van der Waals surface area contributed by atoms with Gasteiger partial charge in [0.15, 0.2) is 6.10 Å². The van der Waals surface area contributed by atoms with Gasteiger partial charge in [0.1, 0.15) is 12.3 Å². The van der Waals surface area contributed by atoms with Crippen molar-refractivity contribution in [3.05, 3.63) is 54.1 Å². The molecule has 2 amide bonds. The van der Waals surface area contributed by atoms with Gasteiger partial charge in [-0.05, 0) is 44.0 Å².